The van der Waals surface area contributed by atoms with Crippen LogP contribution in [0.15, 0.2) is 72.8 Å². The maximum atomic E-state index is 13.2. The standard InChI is InChI=1S/C21H16Cl2FNO/c22-18-10-16(11-19(23)12-18)14-25(13-15-6-8-20(24)9-7-15)21(26)17-4-2-1-3-5-17/h1-12H,13-14H2. The predicted octanol–water partition coefficient (Wildman–Crippen LogP) is 5.98. The number of nitrogens with zero attached hydrogens (tertiary/aromatic N) is 1. The Morgan fingerprint density at radius 2 is 1.38 bits per heavy atom. The van der Waals surface area contributed by atoms with E-state index < -0.39 is 0 Å². The molecule has 0 aromatic heterocycles. The maximum Gasteiger partial charge on any atom is 0.254 e. The molecule has 1 amide bonds. The Hall–Kier alpha value is -2.36. The van der Waals surface area contributed by atoms with Crippen molar-refractivity contribution < 1.29 is 9.18 Å². The molecule has 3 rings (SSSR count). The molecular weight excluding hydrogens is 372 g/mol. The fourth-order valence-corrected chi connectivity index (χ4v) is 3.27. The highest BCUT2D eigenvalue weighted by molar-refractivity contribution is 6.34. The quantitative estimate of drug-likeness (QED) is 0.527. The summed E-state index contributed by atoms with van der Waals surface area (Å²) in [5.41, 5.74) is 2.25. The van der Waals surface area contributed by atoms with Gasteiger partial charge in [0, 0.05) is 28.7 Å². The minimum absolute atomic E-state index is 0.119. The van der Waals surface area contributed by atoms with Crippen molar-refractivity contribution in [3.05, 3.63) is 105 Å². The van der Waals surface area contributed by atoms with Crippen LogP contribution >= 0.6 is 23.2 Å². The van der Waals surface area contributed by atoms with Gasteiger partial charge in [0.2, 0.25) is 0 Å². The van der Waals surface area contributed by atoms with Crippen molar-refractivity contribution in [3.8, 4) is 0 Å². The lowest BCUT2D eigenvalue weighted by Gasteiger charge is -2.23. The van der Waals surface area contributed by atoms with E-state index in [-0.39, 0.29) is 11.7 Å². The average molecular weight is 388 g/mol. The zero-order valence-corrected chi connectivity index (χ0v) is 15.3. The summed E-state index contributed by atoms with van der Waals surface area (Å²) in [5, 5.41) is 1.03. The molecule has 26 heavy (non-hydrogen) atoms. The van der Waals surface area contributed by atoms with Crippen LogP contribution in [0.3, 0.4) is 0 Å². The largest absolute Gasteiger partial charge is 0.330 e. The molecule has 3 aromatic carbocycles. The third-order valence-electron chi connectivity index (χ3n) is 3.89. The van der Waals surface area contributed by atoms with Gasteiger partial charge in [-0.2, -0.15) is 0 Å². The van der Waals surface area contributed by atoms with Crippen molar-refractivity contribution in [2.45, 2.75) is 13.1 Å². The summed E-state index contributed by atoms with van der Waals surface area (Å²) in [6, 6.07) is 20.4. The third-order valence-corrected chi connectivity index (χ3v) is 4.33. The topological polar surface area (TPSA) is 20.3 Å². The number of amides is 1. The first-order chi connectivity index (χ1) is 12.5. The van der Waals surface area contributed by atoms with E-state index in [0.29, 0.717) is 28.7 Å². The monoisotopic (exact) mass is 387 g/mol. The average Bonchev–Trinajstić information content (AvgIpc) is 2.62. The molecule has 0 fully saturated rings. The van der Waals surface area contributed by atoms with E-state index in [0.717, 1.165) is 11.1 Å². The molecule has 0 aliphatic heterocycles. The minimum Gasteiger partial charge on any atom is -0.330 e. The molecule has 0 N–H and O–H groups in total. The number of rotatable bonds is 5. The van der Waals surface area contributed by atoms with Crippen molar-refractivity contribution in [2.24, 2.45) is 0 Å². The van der Waals surface area contributed by atoms with Gasteiger partial charge in [-0.05, 0) is 53.6 Å². The second-order valence-electron chi connectivity index (χ2n) is 5.93. The highest BCUT2D eigenvalue weighted by Crippen LogP contribution is 2.22. The Labute approximate surface area is 161 Å². The van der Waals surface area contributed by atoms with Crippen LogP contribution < -0.4 is 0 Å². The van der Waals surface area contributed by atoms with Crippen molar-refractivity contribution in [2.75, 3.05) is 0 Å². The molecule has 0 spiro atoms. The van der Waals surface area contributed by atoms with E-state index in [1.165, 1.54) is 12.1 Å². The lowest BCUT2D eigenvalue weighted by atomic mass is 10.1. The van der Waals surface area contributed by atoms with Gasteiger partial charge in [-0.15, -0.1) is 0 Å². The number of benzene rings is 3. The Morgan fingerprint density at radius 1 is 0.808 bits per heavy atom. The van der Waals surface area contributed by atoms with Crippen molar-refractivity contribution in [1.82, 2.24) is 4.90 Å². The van der Waals surface area contributed by atoms with Crippen LogP contribution in [0.25, 0.3) is 0 Å². The van der Waals surface area contributed by atoms with Crippen LogP contribution in [0.1, 0.15) is 21.5 Å². The van der Waals surface area contributed by atoms with Crippen LogP contribution in [0.4, 0.5) is 4.39 Å². The summed E-state index contributed by atoms with van der Waals surface area (Å²) in [5.74, 6) is -0.428. The normalized spacial score (nSPS) is 10.6. The van der Waals surface area contributed by atoms with E-state index in [4.69, 9.17) is 23.2 Å². The van der Waals surface area contributed by atoms with E-state index in [1.807, 2.05) is 18.2 Å². The lowest BCUT2D eigenvalue weighted by Crippen LogP contribution is -2.30. The van der Waals surface area contributed by atoms with Crippen LogP contribution in [-0.2, 0) is 13.1 Å². The van der Waals surface area contributed by atoms with Crippen molar-refractivity contribution in [1.29, 1.82) is 0 Å². The molecular formula is C21H16Cl2FNO. The third kappa shape index (κ3) is 4.84. The summed E-state index contributed by atoms with van der Waals surface area (Å²) < 4.78 is 13.2. The van der Waals surface area contributed by atoms with Crippen molar-refractivity contribution in [3.63, 3.8) is 0 Å². The van der Waals surface area contributed by atoms with Gasteiger partial charge in [0.1, 0.15) is 5.82 Å². The zero-order valence-electron chi connectivity index (χ0n) is 13.8. The van der Waals surface area contributed by atoms with E-state index in [1.54, 1.807) is 47.4 Å². The van der Waals surface area contributed by atoms with Gasteiger partial charge >= 0.3 is 0 Å². The van der Waals surface area contributed by atoms with E-state index in [9.17, 15) is 9.18 Å². The molecule has 0 saturated carbocycles. The number of hydrogen-bond acceptors (Lipinski definition) is 1. The molecule has 0 aliphatic carbocycles. The zero-order chi connectivity index (χ0) is 18.5. The Kier molecular flexibility index (Phi) is 5.92. The summed E-state index contributed by atoms with van der Waals surface area (Å²) >= 11 is 12.2. The summed E-state index contributed by atoms with van der Waals surface area (Å²) in [6.07, 6.45) is 0. The highest BCUT2D eigenvalue weighted by atomic mass is 35.5. The van der Waals surface area contributed by atoms with E-state index in [2.05, 4.69) is 0 Å². The lowest BCUT2D eigenvalue weighted by molar-refractivity contribution is 0.0730. The Morgan fingerprint density at radius 3 is 2.00 bits per heavy atom. The first-order valence-corrected chi connectivity index (χ1v) is 8.80. The van der Waals surface area contributed by atoms with Crippen LogP contribution in [0, 0.1) is 5.82 Å². The first-order valence-electron chi connectivity index (χ1n) is 8.05. The van der Waals surface area contributed by atoms with Crippen LogP contribution in [-0.4, -0.2) is 10.8 Å². The summed E-state index contributed by atoms with van der Waals surface area (Å²) in [7, 11) is 0. The highest BCUT2D eigenvalue weighted by Gasteiger charge is 2.17. The molecule has 2 nitrogen and oxygen atoms in total. The maximum absolute atomic E-state index is 13.2. The molecule has 132 valence electrons. The minimum atomic E-state index is -0.309. The molecule has 0 unspecified atom stereocenters. The number of halogens is 3. The number of carbonyl (C=O) groups is 1. The second-order valence-corrected chi connectivity index (χ2v) is 6.80. The molecule has 0 heterocycles. The van der Waals surface area contributed by atoms with Gasteiger partial charge in [-0.1, -0.05) is 53.5 Å². The first kappa shape index (κ1) is 18.4. The van der Waals surface area contributed by atoms with Crippen molar-refractivity contribution >= 4 is 29.1 Å². The van der Waals surface area contributed by atoms with E-state index >= 15 is 0 Å². The van der Waals surface area contributed by atoms with Gasteiger partial charge in [0.25, 0.3) is 5.91 Å². The molecule has 5 heteroatoms. The van der Waals surface area contributed by atoms with Gasteiger partial charge in [-0.3, -0.25) is 4.79 Å². The fraction of sp³-hybridized carbons (Fsp3) is 0.0952. The number of hydrogen-bond donors (Lipinski definition) is 0. The molecule has 0 saturated heterocycles. The smallest absolute Gasteiger partial charge is 0.254 e. The van der Waals surface area contributed by atoms with Gasteiger partial charge < -0.3 is 4.90 Å². The SMILES string of the molecule is O=C(c1ccccc1)N(Cc1ccc(F)cc1)Cc1cc(Cl)cc(Cl)c1. The van der Waals surface area contributed by atoms with Gasteiger partial charge in [-0.25, -0.2) is 4.39 Å². The fourth-order valence-electron chi connectivity index (χ4n) is 2.70. The summed E-state index contributed by atoms with van der Waals surface area (Å²) in [4.78, 5) is 14.7. The Balaban J connectivity index is 1.89. The second kappa shape index (κ2) is 8.35. The summed E-state index contributed by atoms with van der Waals surface area (Å²) in [6.45, 7) is 0.684. The van der Waals surface area contributed by atoms with Gasteiger partial charge in [0.05, 0.1) is 0 Å². The number of carbonyl (C=O) groups excluding carboxylic acids is 1. The predicted molar refractivity (Wildman–Crippen MR) is 103 cm³/mol. The molecule has 0 atom stereocenters. The molecule has 0 radical (unpaired) electrons. The van der Waals surface area contributed by atoms with Crippen LogP contribution in [0.2, 0.25) is 10.0 Å². The molecule has 0 bridgehead atoms. The molecule has 3 aromatic rings. The van der Waals surface area contributed by atoms with Crippen LogP contribution in [0.5, 0.6) is 0 Å². The van der Waals surface area contributed by atoms with Gasteiger partial charge in [0.15, 0.2) is 0 Å². The Bertz CT molecular complexity index is 877. The molecule has 0 aliphatic rings.